The molecule has 1 aromatic heterocycles. The van der Waals surface area contributed by atoms with Gasteiger partial charge in [-0.3, -0.25) is 0 Å². The standard InChI is InChI=1S/C23H23N/c1-17-12-14-19(15-13-17)18(2)24-22-11-7-6-10-21(22)16-23(24)20-8-4-3-5-9-20/h6-8,10-16H,2-5,9H2,1H3. The van der Waals surface area contributed by atoms with Gasteiger partial charge in [0.2, 0.25) is 0 Å². The van der Waals surface area contributed by atoms with E-state index in [1.54, 1.807) is 0 Å². The van der Waals surface area contributed by atoms with E-state index in [2.05, 4.69) is 78.7 Å². The highest BCUT2D eigenvalue weighted by atomic mass is 15.0. The number of aromatic nitrogens is 1. The number of hydrogen-bond donors (Lipinski definition) is 0. The minimum Gasteiger partial charge on any atom is -0.310 e. The van der Waals surface area contributed by atoms with Gasteiger partial charge in [-0.25, -0.2) is 0 Å². The lowest BCUT2D eigenvalue weighted by Gasteiger charge is -2.18. The van der Waals surface area contributed by atoms with E-state index in [1.807, 2.05) is 0 Å². The largest absolute Gasteiger partial charge is 0.310 e. The Morgan fingerprint density at radius 1 is 1.00 bits per heavy atom. The number of para-hydroxylation sites is 1. The number of fused-ring (bicyclic) bond motifs is 1. The third-order valence-corrected chi connectivity index (χ3v) is 4.99. The summed E-state index contributed by atoms with van der Waals surface area (Å²) < 4.78 is 2.34. The predicted molar refractivity (Wildman–Crippen MR) is 104 cm³/mol. The number of aryl methyl sites for hydroxylation is 1. The molecule has 0 atom stereocenters. The number of nitrogens with zero attached hydrogens (tertiary/aromatic N) is 1. The van der Waals surface area contributed by atoms with Crippen molar-refractivity contribution in [3.63, 3.8) is 0 Å². The molecule has 1 nitrogen and oxygen atoms in total. The SMILES string of the molecule is C=C(c1ccc(C)cc1)n1c(C2=CCCCC2)cc2ccccc21. The van der Waals surface area contributed by atoms with Crippen molar-refractivity contribution in [2.24, 2.45) is 0 Å². The van der Waals surface area contributed by atoms with Crippen LogP contribution in [0.25, 0.3) is 22.2 Å². The summed E-state index contributed by atoms with van der Waals surface area (Å²) in [7, 11) is 0. The van der Waals surface area contributed by atoms with Crippen molar-refractivity contribution in [3.05, 3.63) is 84.1 Å². The predicted octanol–water partition coefficient (Wildman–Crippen LogP) is 6.43. The molecule has 0 amide bonds. The smallest absolute Gasteiger partial charge is 0.0534 e. The van der Waals surface area contributed by atoms with Crippen LogP contribution in [0, 0.1) is 6.92 Å². The van der Waals surface area contributed by atoms with Gasteiger partial charge >= 0.3 is 0 Å². The van der Waals surface area contributed by atoms with E-state index in [-0.39, 0.29) is 0 Å². The quantitative estimate of drug-likeness (QED) is 0.525. The fraction of sp³-hybridized carbons (Fsp3) is 0.217. The van der Waals surface area contributed by atoms with Crippen molar-refractivity contribution in [3.8, 4) is 0 Å². The Kier molecular flexibility index (Phi) is 3.86. The van der Waals surface area contributed by atoms with Crippen LogP contribution in [-0.2, 0) is 0 Å². The molecule has 1 heteroatoms. The van der Waals surface area contributed by atoms with E-state index in [1.165, 1.54) is 52.6 Å². The second kappa shape index (κ2) is 6.16. The molecule has 0 aliphatic heterocycles. The van der Waals surface area contributed by atoms with E-state index in [0.29, 0.717) is 0 Å². The first kappa shape index (κ1) is 15.0. The lowest BCUT2D eigenvalue weighted by molar-refractivity contribution is 0.739. The third kappa shape index (κ3) is 2.60. The van der Waals surface area contributed by atoms with Crippen molar-refractivity contribution >= 4 is 22.2 Å². The summed E-state index contributed by atoms with van der Waals surface area (Å²) in [6.07, 6.45) is 7.36. The van der Waals surface area contributed by atoms with Crippen molar-refractivity contribution in [2.45, 2.75) is 32.6 Å². The third-order valence-electron chi connectivity index (χ3n) is 4.99. The van der Waals surface area contributed by atoms with Crippen LogP contribution in [0.3, 0.4) is 0 Å². The summed E-state index contributed by atoms with van der Waals surface area (Å²) in [5.41, 5.74) is 7.52. The highest BCUT2D eigenvalue weighted by molar-refractivity contribution is 5.91. The maximum atomic E-state index is 4.44. The van der Waals surface area contributed by atoms with E-state index in [4.69, 9.17) is 0 Å². The zero-order chi connectivity index (χ0) is 16.5. The molecule has 120 valence electrons. The van der Waals surface area contributed by atoms with Gasteiger partial charge in [-0.05, 0) is 55.9 Å². The van der Waals surface area contributed by atoms with Crippen LogP contribution >= 0.6 is 0 Å². The first-order valence-electron chi connectivity index (χ1n) is 8.80. The molecule has 0 spiro atoms. The summed E-state index contributed by atoms with van der Waals surface area (Å²) in [6.45, 7) is 6.56. The fourth-order valence-electron chi connectivity index (χ4n) is 3.63. The van der Waals surface area contributed by atoms with Gasteiger partial charge in [-0.1, -0.05) is 60.7 Å². The summed E-state index contributed by atoms with van der Waals surface area (Å²) in [4.78, 5) is 0. The van der Waals surface area contributed by atoms with Gasteiger partial charge in [0.05, 0.1) is 5.52 Å². The number of benzene rings is 2. The molecule has 0 saturated carbocycles. The molecule has 3 aromatic rings. The second-order valence-electron chi connectivity index (χ2n) is 6.71. The van der Waals surface area contributed by atoms with Crippen molar-refractivity contribution < 1.29 is 0 Å². The van der Waals surface area contributed by atoms with E-state index in [9.17, 15) is 0 Å². The van der Waals surface area contributed by atoms with Crippen LogP contribution in [-0.4, -0.2) is 4.57 Å². The second-order valence-corrected chi connectivity index (χ2v) is 6.71. The summed E-state index contributed by atoms with van der Waals surface area (Å²) >= 11 is 0. The molecule has 24 heavy (non-hydrogen) atoms. The molecule has 1 aliphatic carbocycles. The van der Waals surface area contributed by atoms with Gasteiger partial charge < -0.3 is 4.57 Å². The van der Waals surface area contributed by atoms with Gasteiger partial charge in [0, 0.05) is 16.8 Å². The summed E-state index contributed by atoms with van der Waals surface area (Å²) in [5.74, 6) is 0. The van der Waals surface area contributed by atoms with Gasteiger partial charge in [0.25, 0.3) is 0 Å². The van der Waals surface area contributed by atoms with Gasteiger partial charge in [-0.2, -0.15) is 0 Å². The molecule has 0 unspecified atom stereocenters. The number of allylic oxidation sites excluding steroid dienone is 2. The Hall–Kier alpha value is -2.54. The summed E-state index contributed by atoms with van der Waals surface area (Å²) in [5, 5.41) is 1.28. The molecular formula is C23H23N. The molecular weight excluding hydrogens is 290 g/mol. The minimum absolute atomic E-state index is 1.05. The average molecular weight is 313 g/mol. The van der Waals surface area contributed by atoms with Crippen LogP contribution < -0.4 is 0 Å². The molecule has 1 heterocycles. The maximum absolute atomic E-state index is 4.44. The highest BCUT2D eigenvalue weighted by Gasteiger charge is 2.16. The zero-order valence-corrected chi connectivity index (χ0v) is 14.3. The van der Waals surface area contributed by atoms with Crippen molar-refractivity contribution in [1.82, 2.24) is 4.57 Å². The Morgan fingerprint density at radius 2 is 1.79 bits per heavy atom. The van der Waals surface area contributed by atoms with E-state index < -0.39 is 0 Å². The van der Waals surface area contributed by atoms with Crippen molar-refractivity contribution in [1.29, 1.82) is 0 Å². The van der Waals surface area contributed by atoms with E-state index in [0.717, 1.165) is 12.1 Å². The Labute approximate surface area is 143 Å². The maximum Gasteiger partial charge on any atom is 0.0534 e. The molecule has 0 radical (unpaired) electrons. The monoisotopic (exact) mass is 313 g/mol. The molecule has 0 saturated heterocycles. The Balaban J connectivity index is 1.90. The Morgan fingerprint density at radius 3 is 2.54 bits per heavy atom. The molecule has 2 aromatic carbocycles. The first-order chi connectivity index (χ1) is 11.7. The van der Waals surface area contributed by atoms with Crippen molar-refractivity contribution in [2.75, 3.05) is 0 Å². The molecule has 0 bridgehead atoms. The van der Waals surface area contributed by atoms with Crippen LogP contribution in [0.2, 0.25) is 0 Å². The van der Waals surface area contributed by atoms with Crippen LogP contribution in [0.1, 0.15) is 42.5 Å². The lowest BCUT2D eigenvalue weighted by atomic mass is 9.97. The molecule has 0 N–H and O–H groups in total. The average Bonchev–Trinajstić information content (AvgIpc) is 3.02. The van der Waals surface area contributed by atoms with Crippen LogP contribution in [0.15, 0.2) is 67.3 Å². The molecule has 4 rings (SSSR count). The normalized spacial score (nSPS) is 14.6. The van der Waals surface area contributed by atoms with E-state index >= 15 is 0 Å². The molecule has 1 aliphatic rings. The number of hydrogen-bond acceptors (Lipinski definition) is 0. The number of rotatable bonds is 3. The Bertz CT molecular complexity index is 922. The fourth-order valence-corrected chi connectivity index (χ4v) is 3.63. The van der Waals surface area contributed by atoms with Crippen LogP contribution in [0.4, 0.5) is 0 Å². The minimum atomic E-state index is 1.05. The highest BCUT2D eigenvalue weighted by Crippen LogP contribution is 2.34. The van der Waals surface area contributed by atoms with Gasteiger partial charge in [-0.15, -0.1) is 0 Å². The molecule has 0 fully saturated rings. The van der Waals surface area contributed by atoms with Crippen LogP contribution in [0.5, 0.6) is 0 Å². The topological polar surface area (TPSA) is 4.93 Å². The van der Waals surface area contributed by atoms with Gasteiger partial charge in [0.1, 0.15) is 0 Å². The summed E-state index contributed by atoms with van der Waals surface area (Å²) in [6, 6.07) is 19.6. The first-order valence-corrected chi connectivity index (χ1v) is 8.80. The zero-order valence-electron chi connectivity index (χ0n) is 14.3. The van der Waals surface area contributed by atoms with Gasteiger partial charge in [0.15, 0.2) is 0 Å². The lowest BCUT2D eigenvalue weighted by Crippen LogP contribution is -2.04.